The van der Waals surface area contributed by atoms with Gasteiger partial charge < -0.3 is 15.2 Å². The maximum atomic E-state index is 12.0. The number of aromatic amines is 1. The van der Waals surface area contributed by atoms with Crippen molar-refractivity contribution in [2.45, 2.75) is 32.1 Å². The summed E-state index contributed by atoms with van der Waals surface area (Å²) in [6, 6.07) is 0. The summed E-state index contributed by atoms with van der Waals surface area (Å²) >= 11 is 0. The average Bonchev–Trinajstić information content (AvgIpc) is 3.04. The number of rotatable bonds is 6. The number of aromatic nitrogens is 2. The van der Waals surface area contributed by atoms with Gasteiger partial charge >= 0.3 is 0 Å². The van der Waals surface area contributed by atoms with Gasteiger partial charge in [0.2, 0.25) is 5.91 Å². The molecule has 114 valence electrons. The molecule has 3 rings (SSSR count). The van der Waals surface area contributed by atoms with Gasteiger partial charge in [-0.05, 0) is 38.8 Å². The quantitative estimate of drug-likeness (QED) is 0.790. The molecule has 0 aromatic carbocycles. The Kier molecular flexibility index (Phi) is 4.05. The zero-order chi connectivity index (χ0) is 14.7. The van der Waals surface area contributed by atoms with Crippen LogP contribution in [0.1, 0.15) is 31.2 Å². The zero-order valence-corrected chi connectivity index (χ0v) is 12.2. The molecule has 2 N–H and O–H groups in total. The normalized spacial score (nSPS) is 20.4. The van der Waals surface area contributed by atoms with Crippen molar-refractivity contribution in [2.24, 2.45) is 5.41 Å². The highest BCUT2D eigenvalue weighted by molar-refractivity contribution is 5.78. The molecule has 1 aliphatic heterocycles. The van der Waals surface area contributed by atoms with Crippen molar-refractivity contribution in [2.75, 3.05) is 26.2 Å². The number of amides is 1. The average molecular weight is 290 g/mol. The van der Waals surface area contributed by atoms with E-state index in [2.05, 4.69) is 20.2 Å². The van der Waals surface area contributed by atoms with E-state index in [1.165, 1.54) is 51.3 Å². The van der Waals surface area contributed by atoms with E-state index in [1.54, 1.807) is 0 Å². The van der Waals surface area contributed by atoms with Crippen LogP contribution < -0.4 is 10.9 Å². The van der Waals surface area contributed by atoms with Crippen molar-refractivity contribution in [1.29, 1.82) is 0 Å². The number of nitrogens with one attached hydrogen (secondary N) is 2. The van der Waals surface area contributed by atoms with E-state index >= 15 is 0 Å². The lowest BCUT2D eigenvalue weighted by Crippen LogP contribution is -2.38. The van der Waals surface area contributed by atoms with Crippen LogP contribution in [-0.2, 0) is 11.2 Å². The molecule has 6 heteroatoms. The molecule has 0 bridgehead atoms. The molecule has 21 heavy (non-hydrogen) atoms. The summed E-state index contributed by atoms with van der Waals surface area (Å²) in [4.78, 5) is 32.3. The van der Waals surface area contributed by atoms with Gasteiger partial charge in [-0.15, -0.1) is 0 Å². The van der Waals surface area contributed by atoms with E-state index in [0.29, 0.717) is 5.56 Å². The van der Waals surface area contributed by atoms with Crippen LogP contribution in [0.3, 0.4) is 0 Å². The third-order valence-electron chi connectivity index (χ3n) is 4.52. The van der Waals surface area contributed by atoms with Crippen LogP contribution in [0.25, 0.3) is 0 Å². The summed E-state index contributed by atoms with van der Waals surface area (Å²) < 4.78 is 0. The van der Waals surface area contributed by atoms with E-state index in [0.717, 1.165) is 13.1 Å². The van der Waals surface area contributed by atoms with Gasteiger partial charge in [0.1, 0.15) is 0 Å². The fourth-order valence-electron chi connectivity index (χ4n) is 3.00. The van der Waals surface area contributed by atoms with Crippen LogP contribution in [0, 0.1) is 5.41 Å². The maximum absolute atomic E-state index is 12.0. The van der Waals surface area contributed by atoms with Gasteiger partial charge in [-0.2, -0.15) is 0 Å². The number of hydrogen-bond acceptors (Lipinski definition) is 4. The molecule has 2 fully saturated rings. The third-order valence-corrected chi connectivity index (χ3v) is 4.52. The summed E-state index contributed by atoms with van der Waals surface area (Å²) in [5, 5.41) is 2.99. The molecule has 1 saturated carbocycles. The summed E-state index contributed by atoms with van der Waals surface area (Å²) in [5.41, 5.74) is 0.458. The first-order valence-electron chi connectivity index (χ1n) is 7.68. The Bertz CT molecular complexity index is 559. The van der Waals surface area contributed by atoms with Crippen LogP contribution >= 0.6 is 0 Å². The largest absolute Gasteiger partial charge is 0.355 e. The highest BCUT2D eigenvalue weighted by Crippen LogP contribution is 2.46. The molecule has 2 heterocycles. The van der Waals surface area contributed by atoms with Gasteiger partial charge in [0.05, 0.1) is 12.7 Å². The molecule has 6 nitrogen and oxygen atoms in total. The summed E-state index contributed by atoms with van der Waals surface area (Å²) in [6.07, 6.45) is 7.87. The Balaban J connectivity index is 1.47. The summed E-state index contributed by atoms with van der Waals surface area (Å²) in [6.45, 7) is 4.21. The van der Waals surface area contributed by atoms with E-state index in [1.807, 2.05) is 0 Å². The lowest BCUT2D eigenvalue weighted by molar-refractivity contribution is -0.120. The molecular weight excluding hydrogens is 268 g/mol. The number of H-pyrrole nitrogens is 1. The second-order valence-electron chi connectivity index (χ2n) is 6.34. The standard InChI is InChI=1S/C15H22N4O2/c20-13(7-12-8-16-11-18-14(12)21)17-9-15(3-4-15)10-19-5-1-2-6-19/h8,11H,1-7,9-10H2,(H,17,20)(H,16,18,21). The Hall–Kier alpha value is -1.69. The Labute approximate surface area is 124 Å². The van der Waals surface area contributed by atoms with Crippen molar-refractivity contribution in [3.8, 4) is 0 Å². The van der Waals surface area contributed by atoms with E-state index in [-0.39, 0.29) is 23.3 Å². The maximum Gasteiger partial charge on any atom is 0.254 e. The Morgan fingerprint density at radius 1 is 1.38 bits per heavy atom. The summed E-state index contributed by atoms with van der Waals surface area (Å²) in [7, 11) is 0. The number of carbonyl (C=O) groups is 1. The molecule has 1 aromatic rings. The van der Waals surface area contributed by atoms with Gasteiger partial charge in [0.15, 0.2) is 0 Å². The van der Waals surface area contributed by atoms with E-state index < -0.39 is 0 Å². The predicted octanol–water partition coefficient (Wildman–Crippen LogP) is 0.305. The SMILES string of the molecule is O=C(Cc1cnc[nH]c1=O)NCC1(CN2CCCC2)CC1. The van der Waals surface area contributed by atoms with Crippen LogP contribution in [-0.4, -0.2) is 47.0 Å². The van der Waals surface area contributed by atoms with Crippen molar-refractivity contribution in [1.82, 2.24) is 20.2 Å². The molecule has 1 aliphatic carbocycles. The smallest absolute Gasteiger partial charge is 0.254 e. The first-order valence-corrected chi connectivity index (χ1v) is 7.68. The van der Waals surface area contributed by atoms with Crippen molar-refractivity contribution in [3.05, 3.63) is 28.4 Å². The predicted molar refractivity (Wildman–Crippen MR) is 78.9 cm³/mol. The minimum Gasteiger partial charge on any atom is -0.355 e. The first kappa shape index (κ1) is 14.3. The molecule has 0 radical (unpaired) electrons. The fourth-order valence-corrected chi connectivity index (χ4v) is 3.00. The lowest BCUT2D eigenvalue weighted by Gasteiger charge is -2.23. The lowest BCUT2D eigenvalue weighted by atomic mass is 10.1. The first-order chi connectivity index (χ1) is 10.2. The second-order valence-corrected chi connectivity index (χ2v) is 6.34. The monoisotopic (exact) mass is 290 g/mol. The summed E-state index contributed by atoms with van der Waals surface area (Å²) in [5.74, 6) is -0.0961. The molecular formula is C15H22N4O2. The van der Waals surface area contributed by atoms with E-state index in [9.17, 15) is 9.59 Å². The van der Waals surface area contributed by atoms with Crippen LogP contribution in [0.2, 0.25) is 0 Å². The molecule has 0 unspecified atom stereocenters. The molecule has 2 aliphatic rings. The molecule has 1 saturated heterocycles. The molecule has 1 amide bonds. The van der Waals surface area contributed by atoms with Gasteiger partial charge in [-0.25, -0.2) is 4.98 Å². The Morgan fingerprint density at radius 2 is 2.14 bits per heavy atom. The fraction of sp³-hybridized carbons (Fsp3) is 0.667. The molecule has 1 aromatic heterocycles. The Morgan fingerprint density at radius 3 is 2.81 bits per heavy atom. The van der Waals surface area contributed by atoms with Crippen LogP contribution in [0.15, 0.2) is 17.3 Å². The highest BCUT2D eigenvalue weighted by Gasteiger charge is 2.44. The van der Waals surface area contributed by atoms with Gasteiger partial charge in [-0.1, -0.05) is 0 Å². The van der Waals surface area contributed by atoms with Crippen LogP contribution in [0.4, 0.5) is 0 Å². The topological polar surface area (TPSA) is 78.1 Å². The second kappa shape index (κ2) is 5.97. The van der Waals surface area contributed by atoms with Gasteiger partial charge in [-0.3, -0.25) is 9.59 Å². The number of hydrogen-bond donors (Lipinski definition) is 2. The van der Waals surface area contributed by atoms with Crippen molar-refractivity contribution < 1.29 is 4.79 Å². The van der Waals surface area contributed by atoms with Gasteiger partial charge in [0.25, 0.3) is 5.56 Å². The van der Waals surface area contributed by atoms with Crippen molar-refractivity contribution in [3.63, 3.8) is 0 Å². The minimum absolute atomic E-state index is 0.0961. The number of likely N-dealkylation sites (tertiary alicyclic amines) is 1. The minimum atomic E-state index is -0.238. The molecule has 0 atom stereocenters. The molecule has 0 spiro atoms. The third kappa shape index (κ3) is 3.69. The van der Waals surface area contributed by atoms with Gasteiger partial charge in [0, 0.05) is 30.3 Å². The van der Waals surface area contributed by atoms with Crippen molar-refractivity contribution >= 4 is 5.91 Å². The highest BCUT2D eigenvalue weighted by atomic mass is 16.2. The van der Waals surface area contributed by atoms with Crippen LogP contribution in [0.5, 0.6) is 0 Å². The zero-order valence-electron chi connectivity index (χ0n) is 12.2. The van der Waals surface area contributed by atoms with E-state index in [4.69, 9.17) is 0 Å². The number of nitrogens with zero attached hydrogens (tertiary/aromatic N) is 2. The number of carbonyl (C=O) groups excluding carboxylic acids is 1.